The van der Waals surface area contributed by atoms with Gasteiger partial charge in [0.05, 0.1) is 0 Å². The lowest BCUT2D eigenvalue weighted by molar-refractivity contribution is 1.03. The van der Waals surface area contributed by atoms with E-state index in [2.05, 4.69) is 99.6 Å². The molecular weight excluding hydrogens is 488 g/mol. The van der Waals surface area contributed by atoms with Gasteiger partial charge in [-0.05, 0) is 120 Å². The van der Waals surface area contributed by atoms with Crippen LogP contribution in [0, 0.1) is 0 Å². The topological polar surface area (TPSA) is 63.2 Å². The van der Waals surface area contributed by atoms with Gasteiger partial charge in [0.1, 0.15) is 0 Å². The smallest absolute Gasteiger partial charge is 0.0441 e. The van der Waals surface area contributed by atoms with Gasteiger partial charge in [-0.1, -0.05) is 55.4 Å². The number of hydrogen-bond donors (Lipinski definition) is 4. The molecule has 0 amide bonds. The number of aromatic nitrogens is 4. The van der Waals surface area contributed by atoms with E-state index in [1.807, 2.05) is 0 Å². The van der Waals surface area contributed by atoms with Crippen molar-refractivity contribution in [3.05, 3.63) is 88.7 Å². The van der Waals surface area contributed by atoms with Crippen molar-refractivity contribution in [2.24, 2.45) is 0 Å². The first-order valence-corrected chi connectivity index (χ1v) is 15.8. The minimum absolute atomic E-state index is 1.01. The Balaban J connectivity index is 2.00. The molecule has 0 aromatic carbocycles. The molecule has 1 aliphatic rings. The van der Waals surface area contributed by atoms with Gasteiger partial charge in [0.15, 0.2) is 0 Å². The molecule has 4 nitrogen and oxygen atoms in total. The highest BCUT2D eigenvalue weighted by molar-refractivity contribution is 5.65. The minimum atomic E-state index is 1.01. The molecule has 4 heteroatoms. The van der Waals surface area contributed by atoms with Crippen molar-refractivity contribution < 1.29 is 0 Å². The molecule has 0 spiro atoms. The van der Waals surface area contributed by atoms with Crippen LogP contribution < -0.4 is 21.4 Å². The Labute approximate surface area is 239 Å². The third kappa shape index (κ3) is 4.56. The van der Waals surface area contributed by atoms with E-state index in [1.54, 1.807) is 0 Å². The van der Waals surface area contributed by atoms with E-state index in [0.29, 0.717) is 0 Å². The van der Waals surface area contributed by atoms with Crippen molar-refractivity contribution in [2.45, 2.75) is 107 Å². The van der Waals surface area contributed by atoms with Crippen molar-refractivity contribution in [1.82, 2.24) is 19.9 Å². The van der Waals surface area contributed by atoms with Crippen LogP contribution in [-0.2, 0) is 51.4 Å². The quantitative estimate of drug-likeness (QED) is 0.213. The molecule has 4 N–H and O–H groups in total. The number of rotatable bonds is 8. The van der Waals surface area contributed by atoms with Crippen LogP contribution >= 0.6 is 0 Å². The van der Waals surface area contributed by atoms with Crippen molar-refractivity contribution in [2.75, 3.05) is 0 Å². The van der Waals surface area contributed by atoms with E-state index < -0.39 is 0 Å². The Morgan fingerprint density at radius 3 is 0.675 bits per heavy atom. The molecule has 0 atom stereocenters. The van der Waals surface area contributed by atoms with E-state index >= 15 is 0 Å². The number of hydrogen-bond acceptors (Lipinski definition) is 0. The van der Waals surface area contributed by atoms with Crippen LogP contribution in [0.4, 0.5) is 0 Å². The molecule has 5 rings (SSSR count). The molecule has 5 heterocycles. The van der Waals surface area contributed by atoms with Gasteiger partial charge in [-0.25, -0.2) is 0 Å². The van der Waals surface area contributed by atoms with Crippen LogP contribution in [0.5, 0.6) is 0 Å². The van der Waals surface area contributed by atoms with Gasteiger partial charge in [0.2, 0.25) is 0 Å². The zero-order valence-corrected chi connectivity index (χ0v) is 26.0. The molecule has 0 unspecified atom stereocenters. The lowest BCUT2D eigenvalue weighted by Gasteiger charge is -2.02. The minimum Gasteiger partial charge on any atom is -0.355 e. The first kappa shape index (κ1) is 28.1. The maximum Gasteiger partial charge on any atom is 0.0441 e. The second-order valence-corrected chi connectivity index (χ2v) is 11.0. The zero-order chi connectivity index (χ0) is 28.6. The number of fused-ring (bicyclic) bond motifs is 8. The van der Waals surface area contributed by atoms with Crippen molar-refractivity contribution in [3.63, 3.8) is 0 Å². The lowest BCUT2D eigenvalue weighted by atomic mass is 10.0. The van der Waals surface area contributed by atoms with Gasteiger partial charge in [-0.15, -0.1) is 0 Å². The predicted octanol–water partition coefficient (Wildman–Crippen LogP) is 5.13. The van der Waals surface area contributed by atoms with Gasteiger partial charge >= 0.3 is 0 Å². The zero-order valence-electron chi connectivity index (χ0n) is 26.0. The normalized spacial score (nSPS) is 14.3. The monoisotopic (exact) mass is 536 g/mol. The molecule has 1 aliphatic heterocycles. The summed E-state index contributed by atoms with van der Waals surface area (Å²) in [7, 11) is 0. The van der Waals surface area contributed by atoms with Gasteiger partial charge in [0.25, 0.3) is 0 Å². The fraction of sp³-hybridized carbons (Fsp3) is 0.444. The van der Waals surface area contributed by atoms with Gasteiger partial charge in [-0.2, -0.15) is 0 Å². The maximum absolute atomic E-state index is 3.87. The first-order valence-electron chi connectivity index (χ1n) is 15.8. The molecule has 0 aliphatic carbocycles. The summed E-state index contributed by atoms with van der Waals surface area (Å²) in [4.78, 5) is 15.5. The predicted molar refractivity (Wildman–Crippen MR) is 171 cm³/mol. The van der Waals surface area contributed by atoms with Crippen LogP contribution in [0.25, 0.3) is 24.3 Å². The summed E-state index contributed by atoms with van der Waals surface area (Å²) in [5.41, 5.74) is 16.4. The molecular formula is C36H48N4. The van der Waals surface area contributed by atoms with Gasteiger partial charge in [-0.3, -0.25) is 0 Å². The van der Waals surface area contributed by atoms with Crippen LogP contribution in [0.1, 0.15) is 123 Å². The van der Waals surface area contributed by atoms with E-state index in [0.717, 1.165) is 51.4 Å². The van der Waals surface area contributed by atoms with E-state index in [-0.39, 0.29) is 0 Å². The Morgan fingerprint density at radius 1 is 0.300 bits per heavy atom. The van der Waals surface area contributed by atoms with E-state index in [1.165, 1.54) is 88.7 Å². The molecule has 0 radical (unpaired) electrons. The first-order chi connectivity index (χ1) is 19.5. The van der Waals surface area contributed by atoms with Gasteiger partial charge < -0.3 is 19.9 Å². The molecule has 40 heavy (non-hydrogen) atoms. The number of nitrogens with one attached hydrogen (secondary N) is 4. The average molecular weight is 537 g/mol. The Hall–Kier alpha value is -3.40. The van der Waals surface area contributed by atoms with E-state index in [4.69, 9.17) is 0 Å². The number of aromatic amines is 4. The highest BCUT2D eigenvalue weighted by atomic mass is 14.8. The fourth-order valence-corrected chi connectivity index (χ4v) is 7.28. The average Bonchev–Trinajstić information content (AvgIpc) is 3.67. The van der Waals surface area contributed by atoms with Crippen molar-refractivity contribution in [3.8, 4) is 0 Å². The summed E-state index contributed by atoms with van der Waals surface area (Å²) in [5, 5.41) is 4.94. The Morgan fingerprint density at radius 2 is 0.500 bits per heavy atom. The fourth-order valence-electron chi connectivity index (χ4n) is 7.28. The summed E-state index contributed by atoms with van der Waals surface area (Å²) >= 11 is 0. The van der Waals surface area contributed by atoms with Crippen molar-refractivity contribution >= 4 is 24.3 Å². The van der Waals surface area contributed by atoms with E-state index in [9.17, 15) is 0 Å². The molecule has 4 aromatic heterocycles. The molecule has 8 bridgehead atoms. The van der Waals surface area contributed by atoms with Crippen LogP contribution in [-0.4, -0.2) is 19.9 Å². The SMILES string of the molecule is CCc1c2[nH]c(c1CC)C=c1[nH]/c(c(CC)c1CC)=C\c1[nH]c(c(CC)c1CC)/C=c1\[nH]c(c(CC)c1CC)=C2. The Bertz CT molecular complexity index is 1520. The summed E-state index contributed by atoms with van der Waals surface area (Å²) in [6.45, 7) is 18.3. The summed E-state index contributed by atoms with van der Waals surface area (Å²) < 4.78 is 0. The highest BCUT2D eigenvalue weighted by Crippen LogP contribution is 2.24. The lowest BCUT2D eigenvalue weighted by Crippen LogP contribution is -2.13. The molecule has 0 saturated heterocycles. The molecule has 4 aromatic rings. The second kappa shape index (κ2) is 11.6. The number of H-pyrrole nitrogens is 4. The van der Waals surface area contributed by atoms with Crippen LogP contribution in [0.15, 0.2) is 0 Å². The van der Waals surface area contributed by atoms with Gasteiger partial charge in [0, 0.05) is 44.2 Å². The molecule has 212 valence electrons. The second-order valence-electron chi connectivity index (χ2n) is 11.0. The third-order valence-electron chi connectivity index (χ3n) is 9.12. The highest BCUT2D eigenvalue weighted by Gasteiger charge is 2.17. The largest absolute Gasteiger partial charge is 0.355 e. The summed E-state index contributed by atoms with van der Waals surface area (Å²) in [6.07, 6.45) is 17.6. The van der Waals surface area contributed by atoms with Crippen LogP contribution in [0.2, 0.25) is 0 Å². The molecule has 0 fully saturated rings. The third-order valence-corrected chi connectivity index (χ3v) is 9.12. The standard InChI is InChI=1S/C36H48N4/c1-9-21-22(10-2)30-18-32-25(13-5)26(14-6)34(39-32)20-36-28(16-8)27(15-7)35(40-36)19-33-24(12-4)23(11-3)31(38-33)17-29(21)37-30/h17-20,37-40H,9-16H2,1-8H3/b29-17-,30-18?,31-17?,32-18?,33-19?,34-20?,35-19-,36-20?. The van der Waals surface area contributed by atoms with Crippen LogP contribution in [0.3, 0.4) is 0 Å². The molecule has 0 saturated carbocycles. The maximum atomic E-state index is 3.87. The Kier molecular flexibility index (Phi) is 8.16. The van der Waals surface area contributed by atoms with Crippen molar-refractivity contribution in [1.29, 1.82) is 0 Å². The summed E-state index contributed by atoms with van der Waals surface area (Å²) in [6, 6.07) is 0. The summed E-state index contributed by atoms with van der Waals surface area (Å²) in [5.74, 6) is 0.